The van der Waals surface area contributed by atoms with Crippen LogP contribution < -0.4 is 14.4 Å². The predicted octanol–water partition coefficient (Wildman–Crippen LogP) is 2.50. The summed E-state index contributed by atoms with van der Waals surface area (Å²) < 4.78 is 8.87. The van der Waals surface area contributed by atoms with Crippen molar-refractivity contribution in [3.05, 3.63) is 24.0 Å². The Kier molecular flexibility index (Phi) is 7.23. The lowest BCUT2D eigenvalue weighted by Crippen LogP contribution is -2.48. The lowest BCUT2D eigenvalue weighted by Gasteiger charge is -2.34. The number of aliphatic hydroxyl groups is 1. The van der Waals surface area contributed by atoms with Crippen LogP contribution in [0.1, 0.15) is 5.82 Å². The van der Waals surface area contributed by atoms with E-state index in [4.69, 9.17) is 49.4 Å². The van der Waals surface area contributed by atoms with Gasteiger partial charge >= 0.3 is 0 Å². The Morgan fingerprint density at radius 1 is 0.966 bits per heavy atom. The van der Waals surface area contributed by atoms with Gasteiger partial charge in [-0.3, -0.25) is 4.90 Å². The van der Waals surface area contributed by atoms with Gasteiger partial charge in [0.15, 0.2) is 11.6 Å². The molecule has 0 atom stereocenters. The largest absolute Gasteiger partial charge is 0.497 e. The van der Waals surface area contributed by atoms with Crippen LogP contribution >= 0.6 is 34.8 Å². The third-order valence-corrected chi connectivity index (χ3v) is 5.07. The minimum absolute atomic E-state index is 0.0436. The molecule has 8 nitrogen and oxygen atoms in total. The Morgan fingerprint density at radius 3 is 2.10 bits per heavy atom. The van der Waals surface area contributed by atoms with E-state index in [9.17, 15) is 0 Å². The molecule has 1 fully saturated rings. The number of β-amino-alcohol motifs (C(OH)–C–C–N with tert-alkyl or cyclic N) is 1. The summed E-state index contributed by atoms with van der Waals surface area (Å²) in [6.07, 6.45) is 0. The molecule has 158 valence electrons. The molecular formula is C18H22Cl3N5O3. The van der Waals surface area contributed by atoms with Gasteiger partial charge in [-0.25, -0.2) is 4.98 Å². The molecule has 1 aromatic carbocycles. The third kappa shape index (κ3) is 5.52. The van der Waals surface area contributed by atoms with Crippen molar-refractivity contribution in [3.63, 3.8) is 0 Å². The van der Waals surface area contributed by atoms with Crippen LogP contribution in [0.15, 0.2) is 18.2 Å². The normalized spacial score (nSPS) is 15.4. The summed E-state index contributed by atoms with van der Waals surface area (Å²) in [4.78, 5) is 17.5. The molecule has 1 aliphatic rings. The Labute approximate surface area is 184 Å². The van der Waals surface area contributed by atoms with Crippen LogP contribution in [-0.2, 0) is 3.79 Å². The zero-order valence-corrected chi connectivity index (χ0v) is 18.4. The van der Waals surface area contributed by atoms with Crippen molar-refractivity contribution < 1.29 is 14.6 Å². The minimum atomic E-state index is -1.80. The molecule has 2 heterocycles. The molecule has 0 saturated carbocycles. The van der Waals surface area contributed by atoms with Crippen molar-refractivity contribution in [2.45, 2.75) is 3.79 Å². The first-order chi connectivity index (χ1) is 13.8. The third-order valence-electron chi connectivity index (χ3n) is 4.56. The van der Waals surface area contributed by atoms with E-state index in [-0.39, 0.29) is 12.4 Å². The van der Waals surface area contributed by atoms with Crippen LogP contribution in [0, 0.1) is 0 Å². The number of alkyl halides is 3. The molecule has 1 N–H and O–H groups in total. The van der Waals surface area contributed by atoms with Gasteiger partial charge in [0.25, 0.3) is 0 Å². The van der Waals surface area contributed by atoms with Crippen LogP contribution in [0.25, 0.3) is 11.4 Å². The molecular weight excluding hydrogens is 441 g/mol. The Morgan fingerprint density at radius 2 is 1.59 bits per heavy atom. The highest BCUT2D eigenvalue weighted by Gasteiger charge is 2.30. The maximum Gasteiger partial charge on any atom is 0.250 e. The zero-order valence-electron chi connectivity index (χ0n) is 16.1. The highest BCUT2D eigenvalue weighted by molar-refractivity contribution is 6.66. The predicted molar refractivity (Wildman–Crippen MR) is 113 cm³/mol. The molecule has 1 saturated heterocycles. The number of benzene rings is 1. The van der Waals surface area contributed by atoms with Crippen LogP contribution in [0.5, 0.6) is 11.5 Å². The lowest BCUT2D eigenvalue weighted by atomic mass is 10.2. The molecule has 0 radical (unpaired) electrons. The van der Waals surface area contributed by atoms with Crippen molar-refractivity contribution >= 4 is 40.8 Å². The Bertz CT molecular complexity index is 820. The first-order valence-corrected chi connectivity index (χ1v) is 10.1. The molecule has 1 aromatic heterocycles. The van der Waals surface area contributed by atoms with E-state index in [2.05, 4.69) is 19.9 Å². The Balaban J connectivity index is 1.99. The number of anilines is 1. The highest BCUT2D eigenvalue weighted by atomic mass is 35.6. The van der Waals surface area contributed by atoms with Gasteiger partial charge in [-0.1, -0.05) is 34.8 Å². The summed E-state index contributed by atoms with van der Waals surface area (Å²) in [5.41, 5.74) is 0.652. The first kappa shape index (κ1) is 22.1. The summed E-state index contributed by atoms with van der Waals surface area (Å²) >= 11 is 18.3. The van der Waals surface area contributed by atoms with Crippen molar-refractivity contribution in [2.75, 3.05) is 58.5 Å². The zero-order chi connectivity index (χ0) is 21.0. The second-order valence-electron chi connectivity index (χ2n) is 6.43. The maximum atomic E-state index is 9.12. The van der Waals surface area contributed by atoms with Gasteiger partial charge in [-0.2, -0.15) is 9.97 Å². The van der Waals surface area contributed by atoms with Gasteiger partial charge in [0, 0.05) is 44.4 Å². The summed E-state index contributed by atoms with van der Waals surface area (Å²) in [7, 11) is 3.13. The maximum absolute atomic E-state index is 9.12. The fraction of sp³-hybridized carbons (Fsp3) is 0.500. The standard InChI is InChI=1S/C18H22Cl3N5O3/c1-28-13-9-12(10-14(11-13)29-2)15-22-16(18(19,20)21)24-17(23-15)26-5-3-25(4-6-26)7-8-27/h9-11,27H,3-8H2,1-2H3. The van der Waals surface area contributed by atoms with Crippen LogP contribution in [0.3, 0.4) is 0 Å². The number of aromatic nitrogens is 3. The molecule has 3 rings (SSSR count). The number of aliphatic hydroxyl groups excluding tert-OH is 1. The molecule has 0 spiro atoms. The van der Waals surface area contributed by atoms with Crippen molar-refractivity contribution in [2.24, 2.45) is 0 Å². The molecule has 0 aliphatic carbocycles. The number of hydrogen-bond acceptors (Lipinski definition) is 8. The molecule has 2 aromatic rings. The van der Waals surface area contributed by atoms with Gasteiger partial charge in [-0.05, 0) is 12.1 Å². The summed E-state index contributed by atoms with van der Waals surface area (Å²) in [5, 5.41) is 9.12. The van der Waals surface area contributed by atoms with E-state index in [0.29, 0.717) is 48.5 Å². The second-order valence-corrected chi connectivity index (χ2v) is 8.72. The minimum Gasteiger partial charge on any atom is -0.497 e. The number of hydrogen-bond donors (Lipinski definition) is 1. The quantitative estimate of drug-likeness (QED) is 0.656. The van der Waals surface area contributed by atoms with Gasteiger partial charge < -0.3 is 19.5 Å². The first-order valence-electron chi connectivity index (χ1n) is 8.99. The highest BCUT2D eigenvalue weighted by Crippen LogP contribution is 2.38. The van der Waals surface area contributed by atoms with Gasteiger partial charge in [0.2, 0.25) is 9.74 Å². The summed E-state index contributed by atoms with van der Waals surface area (Å²) in [6.45, 7) is 3.69. The van der Waals surface area contributed by atoms with E-state index < -0.39 is 3.79 Å². The average Bonchev–Trinajstić information content (AvgIpc) is 2.73. The number of halogens is 3. The van der Waals surface area contributed by atoms with Crippen LogP contribution in [0.2, 0.25) is 0 Å². The van der Waals surface area contributed by atoms with Crippen LogP contribution in [0.4, 0.5) is 5.95 Å². The number of ether oxygens (including phenoxy) is 2. The number of methoxy groups -OCH3 is 2. The van der Waals surface area contributed by atoms with Gasteiger partial charge in [0.05, 0.1) is 20.8 Å². The fourth-order valence-corrected chi connectivity index (χ4v) is 3.27. The van der Waals surface area contributed by atoms with E-state index in [1.54, 1.807) is 32.4 Å². The van der Waals surface area contributed by atoms with E-state index in [0.717, 1.165) is 13.1 Å². The molecule has 29 heavy (non-hydrogen) atoms. The number of nitrogens with zero attached hydrogens (tertiary/aromatic N) is 5. The van der Waals surface area contributed by atoms with Gasteiger partial charge in [0.1, 0.15) is 11.5 Å². The average molecular weight is 463 g/mol. The molecule has 0 bridgehead atoms. The topological polar surface area (TPSA) is 83.8 Å². The summed E-state index contributed by atoms with van der Waals surface area (Å²) in [5.74, 6) is 2.01. The number of rotatable bonds is 6. The second kappa shape index (κ2) is 9.49. The Hall–Kier alpha value is -1.58. The van der Waals surface area contributed by atoms with E-state index >= 15 is 0 Å². The monoisotopic (exact) mass is 461 g/mol. The summed E-state index contributed by atoms with van der Waals surface area (Å²) in [6, 6.07) is 5.31. The SMILES string of the molecule is COc1cc(OC)cc(-c2nc(N3CCN(CCO)CC3)nc(C(Cl)(Cl)Cl)n2)c1. The van der Waals surface area contributed by atoms with Gasteiger partial charge in [-0.15, -0.1) is 0 Å². The van der Waals surface area contributed by atoms with Crippen molar-refractivity contribution in [3.8, 4) is 22.9 Å². The van der Waals surface area contributed by atoms with Crippen molar-refractivity contribution in [1.82, 2.24) is 19.9 Å². The van der Waals surface area contributed by atoms with E-state index in [1.807, 2.05) is 4.90 Å². The van der Waals surface area contributed by atoms with Crippen molar-refractivity contribution in [1.29, 1.82) is 0 Å². The fourth-order valence-electron chi connectivity index (χ4n) is 3.01. The molecule has 0 unspecified atom stereocenters. The molecule has 11 heteroatoms. The molecule has 1 aliphatic heterocycles. The smallest absolute Gasteiger partial charge is 0.250 e. The van der Waals surface area contributed by atoms with E-state index in [1.165, 1.54) is 0 Å². The van der Waals surface area contributed by atoms with Crippen LogP contribution in [-0.4, -0.2) is 78.5 Å². The molecule has 0 amide bonds. The lowest BCUT2D eigenvalue weighted by molar-refractivity contribution is 0.188. The number of piperazine rings is 1.